The van der Waals surface area contributed by atoms with Crippen LogP contribution in [0.3, 0.4) is 0 Å². The molecule has 4 aliphatic rings. The Morgan fingerprint density at radius 2 is 2.23 bits per heavy atom. The van der Waals surface area contributed by atoms with Gasteiger partial charge in [-0.2, -0.15) is 0 Å². The standard InChI is InChI=1S/C28H33N3O4/c1-3-14-31-15-12-27-24-19-7-8-21(32)25(24)35-26(27)20(10-11-28(27,34)22(31)16-19)30(2)23(33)9-6-18-5-4-13-29-17-18/h3-5,7-8,13,17,20,22,26,32,34H,1,6,9-12,14-16H2,2H3/t20-,22+,26-,27-,28+/m0/s1. The van der Waals surface area contributed by atoms with Gasteiger partial charge in [-0.15, -0.1) is 6.58 Å². The van der Waals surface area contributed by atoms with Crippen LogP contribution in [0.4, 0.5) is 0 Å². The topological polar surface area (TPSA) is 86.1 Å². The molecule has 184 valence electrons. The maximum Gasteiger partial charge on any atom is 0.223 e. The lowest BCUT2D eigenvalue weighted by molar-refractivity contribution is -0.198. The zero-order valence-corrected chi connectivity index (χ0v) is 20.2. The van der Waals surface area contributed by atoms with Crippen LogP contribution in [0.1, 0.15) is 42.4 Å². The van der Waals surface area contributed by atoms with Crippen molar-refractivity contribution in [3.63, 3.8) is 0 Å². The van der Waals surface area contributed by atoms with E-state index in [0.717, 1.165) is 42.6 Å². The molecule has 2 bridgehead atoms. The molecular weight excluding hydrogens is 442 g/mol. The number of likely N-dealkylation sites (N-methyl/N-ethyl adjacent to an activating group) is 1. The highest BCUT2D eigenvalue weighted by atomic mass is 16.5. The van der Waals surface area contributed by atoms with Gasteiger partial charge in [0.05, 0.1) is 17.1 Å². The van der Waals surface area contributed by atoms with Crippen LogP contribution < -0.4 is 4.74 Å². The van der Waals surface area contributed by atoms with Crippen molar-refractivity contribution in [3.8, 4) is 11.5 Å². The van der Waals surface area contributed by atoms with Gasteiger partial charge in [0.25, 0.3) is 0 Å². The molecule has 5 atom stereocenters. The van der Waals surface area contributed by atoms with Gasteiger partial charge in [-0.1, -0.05) is 18.2 Å². The smallest absolute Gasteiger partial charge is 0.223 e. The van der Waals surface area contributed by atoms with E-state index in [0.29, 0.717) is 31.4 Å². The van der Waals surface area contributed by atoms with E-state index in [1.807, 2.05) is 36.2 Å². The summed E-state index contributed by atoms with van der Waals surface area (Å²) < 4.78 is 6.56. The van der Waals surface area contributed by atoms with Gasteiger partial charge in [0, 0.05) is 44.0 Å². The molecule has 1 aromatic heterocycles. The Bertz CT molecular complexity index is 1170. The van der Waals surface area contributed by atoms with E-state index >= 15 is 0 Å². The normalized spacial score (nSPS) is 32.5. The van der Waals surface area contributed by atoms with Gasteiger partial charge in [-0.25, -0.2) is 0 Å². The minimum absolute atomic E-state index is 0.0455. The van der Waals surface area contributed by atoms with E-state index in [-0.39, 0.29) is 23.7 Å². The Kier molecular flexibility index (Phi) is 5.20. The van der Waals surface area contributed by atoms with E-state index in [1.54, 1.807) is 18.5 Å². The van der Waals surface area contributed by atoms with Crippen molar-refractivity contribution in [3.05, 3.63) is 66.0 Å². The fraction of sp³-hybridized carbons (Fsp3) is 0.500. The summed E-state index contributed by atoms with van der Waals surface area (Å²) in [7, 11) is 1.86. The molecule has 7 heteroatoms. The second-order valence-corrected chi connectivity index (χ2v) is 10.6. The fourth-order valence-corrected chi connectivity index (χ4v) is 7.54. The molecule has 2 aromatic rings. The molecule has 6 rings (SSSR count). The number of carbonyl (C=O) groups excluding carboxylic acids is 1. The zero-order valence-electron chi connectivity index (χ0n) is 20.2. The number of ether oxygens (including phenoxy) is 1. The summed E-state index contributed by atoms with van der Waals surface area (Å²) in [6.45, 7) is 5.48. The molecule has 1 amide bonds. The van der Waals surface area contributed by atoms with E-state index in [4.69, 9.17) is 4.74 Å². The van der Waals surface area contributed by atoms with Crippen molar-refractivity contribution >= 4 is 5.91 Å². The number of phenolic OH excluding ortho intramolecular Hbond substituents is 1. The molecule has 1 spiro atoms. The molecule has 2 aliphatic heterocycles. The highest BCUT2D eigenvalue weighted by molar-refractivity contribution is 5.77. The molecule has 1 saturated heterocycles. The highest BCUT2D eigenvalue weighted by Crippen LogP contribution is 2.65. The molecule has 3 heterocycles. The molecule has 7 nitrogen and oxygen atoms in total. The molecular formula is C28H33N3O4. The van der Waals surface area contributed by atoms with Gasteiger partial charge in [-0.3, -0.25) is 14.7 Å². The predicted molar refractivity (Wildman–Crippen MR) is 131 cm³/mol. The number of amides is 1. The fourth-order valence-electron chi connectivity index (χ4n) is 7.54. The Morgan fingerprint density at radius 1 is 1.37 bits per heavy atom. The summed E-state index contributed by atoms with van der Waals surface area (Å²) in [5, 5.41) is 23.2. The quantitative estimate of drug-likeness (QED) is 0.625. The lowest BCUT2D eigenvalue weighted by atomic mass is 9.48. The molecule has 2 fully saturated rings. The summed E-state index contributed by atoms with van der Waals surface area (Å²) in [5.74, 6) is 0.678. The van der Waals surface area contributed by atoms with Crippen LogP contribution in [0.5, 0.6) is 11.5 Å². The zero-order chi connectivity index (χ0) is 24.4. The monoisotopic (exact) mass is 475 g/mol. The maximum absolute atomic E-state index is 13.3. The summed E-state index contributed by atoms with van der Waals surface area (Å²) >= 11 is 0. The first-order chi connectivity index (χ1) is 16.9. The number of nitrogens with zero attached hydrogens (tertiary/aromatic N) is 3. The van der Waals surface area contributed by atoms with Crippen LogP contribution in [0.15, 0.2) is 49.3 Å². The number of aromatic nitrogens is 1. The summed E-state index contributed by atoms with van der Waals surface area (Å²) in [5.41, 5.74) is 1.52. The molecule has 1 saturated carbocycles. The summed E-state index contributed by atoms with van der Waals surface area (Å²) in [6, 6.07) is 7.34. The first-order valence-electron chi connectivity index (χ1n) is 12.6. The van der Waals surface area contributed by atoms with E-state index in [9.17, 15) is 15.0 Å². The number of aryl methyl sites for hydroxylation is 1. The first-order valence-corrected chi connectivity index (χ1v) is 12.6. The van der Waals surface area contributed by atoms with Gasteiger partial charge in [0.1, 0.15) is 6.10 Å². The Labute approximate surface area is 206 Å². The van der Waals surface area contributed by atoms with Gasteiger partial charge in [0.15, 0.2) is 11.5 Å². The van der Waals surface area contributed by atoms with Crippen LogP contribution >= 0.6 is 0 Å². The Hall–Kier alpha value is -2.90. The second-order valence-electron chi connectivity index (χ2n) is 10.6. The lowest BCUT2D eigenvalue weighted by Gasteiger charge is -2.64. The molecule has 2 N–H and O–H groups in total. The Morgan fingerprint density at radius 3 is 3.00 bits per heavy atom. The third-order valence-corrected chi connectivity index (χ3v) is 9.15. The van der Waals surface area contributed by atoms with E-state index < -0.39 is 17.1 Å². The number of carbonyl (C=O) groups is 1. The van der Waals surface area contributed by atoms with Gasteiger partial charge in [-0.05, 0) is 61.9 Å². The van der Waals surface area contributed by atoms with Crippen molar-refractivity contribution in [2.24, 2.45) is 0 Å². The Balaban J connectivity index is 1.36. The van der Waals surface area contributed by atoms with Crippen molar-refractivity contribution in [2.45, 2.75) is 67.7 Å². The SMILES string of the molecule is C=CCN1CC[C@]23c4c5ccc(O)c4O[C@H]2[C@@H](N(C)C(=O)CCc2cccnc2)CC[C@@]3(O)[C@H]1C5. The number of rotatable bonds is 6. The van der Waals surface area contributed by atoms with Crippen LogP contribution in [0, 0.1) is 0 Å². The minimum atomic E-state index is -0.985. The van der Waals surface area contributed by atoms with Gasteiger partial charge >= 0.3 is 0 Å². The average molecular weight is 476 g/mol. The molecule has 0 radical (unpaired) electrons. The number of phenols is 1. The average Bonchev–Trinajstić information content (AvgIpc) is 3.22. The molecule has 35 heavy (non-hydrogen) atoms. The largest absolute Gasteiger partial charge is 0.504 e. The second kappa shape index (κ2) is 8.07. The number of aromatic hydroxyl groups is 1. The van der Waals surface area contributed by atoms with Crippen molar-refractivity contribution < 1.29 is 19.7 Å². The van der Waals surface area contributed by atoms with Crippen molar-refractivity contribution in [1.29, 1.82) is 0 Å². The van der Waals surface area contributed by atoms with Crippen LogP contribution in [-0.2, 0) is 23.1 Å². The lowest BCUT2D eigenvalue weighted by Crippen LogP contribution is -2.78. The molecule has 1 aromatic carbocycles. The maximum atomic E-state index is 13.3. The van der Waals surface area contributed by atoms with Gasteiger partial charge < -0.3 is 19.8 Å². The van der Waals surface area contributed by atoms with Crippen molar-refractivity contribution in [2.75, 3.05) is 20.1 Å². The van der Waals surface area contributed by atoms with Crippen LogP contribution in [-0.4, -0.2) is 74.8 Å². The number of hydrogen-bond donors (Lipinski definition) is 2. The number of likely N-dealkylation sites (tertiary alicyclic amines) is 1. The first kappa shape index (κ1) is 22.6. The van der Waals surface area contributed by atoms with Crippen LogP contribution in [0.25, 0.3) is 0 Å². The minimum Gasteiger partial charge on any atom is -0.504 e. The molecule has 0 unspecified atom stereocenters. The number of aliphatic hydroxyl groups is 1. The molecule has 2 aliphatic carbocycles. The number of piperidine rings is 1. The summed E-state index contributed by atoms with van der Waals surface area (Å²) in [6.07, 6.45) is 8.74. The number of pyridine rings is 1. The third kappa shape index (κ3) is 3.04. The van der Waals surface area contributed by atoms with E-state index in [2.05, 4.69) is 16.5 Å². The van der Waals surface area contributed by atoms with E-state index in [1.165, 1.54) is 0 Å². The highest BCUT2D eigenvalue weighted by Gasteiger charge is 2.73. The number of benzene rings is 1. The van der Waals surface area contributed by atoms with Gasteiger partial charge in [0.2, 0.25) is 5.91 Å². The third-order valence-electron chi connectivity index (χ3n) is 9.15. The van der Waals surface area contributed by atoms with Crippen molar-refractivity contribution in [1.82, 2.24) is 14.8 Å². The van der Waals surface area contributed by atoms with Crippen LogP contribution in [0.2, 0.25) is 0 Å². The summed E-state index contributed by atoms with van der Waals surface area (Å²) in [4.78, 5) is 21.6. The predicted octanol–water partition coefficient (Wildman–Crippen LogP) is 2.59. The number of hydrogen-bond acceptors (Lipinski definition) is 6.